The fourth-order valence-electron chi connectivity index (χ4n) is 8.06. The Bertz CT molecular complexity index is 1010. The third kappa shape index (κ3) is 43.3. The fourth-order valence-corrected chi connectivity index (χ4v) is 8.06. The maximum absolute atomic E-state index is 12.6. The van der Waals surface area contributed by atoms with Gasteiger partial charge < -0.3 is 25.7 Å². The first kappa shape index (κ1) is 59.3. The van der Waals surface area contributed by atoms with E-state index in [0.717, 1.165) is 44.9 Å². The highest BCUT2D eigenvalue weighted by Gasteiger charge is 2.28. The molecule has 0 saturated carbocycles. The van der Waals surface area contributed by atoms with Crippen molar-refractivity contribution in [3.8, 4) is 0 Å². The van der Waals surface area contributed by atoms with Gasteiger partial charge in [0.2, 0.25) is 5.91 Å². The standard InChI is InChI=1S/C55H103NO5/c1-3-5-7-9-11-13-15-17-19-21-23-24-25-26-27-28-29-30-31-33-34-36-38-40-42-44-46-48-52(58)54(60)51(50-57)56-55(61)53(59)49-47-45-43-41-39-37-35-32-22-20-18-16-14-12-10-8-6-4-2/h12,14,16,18,33-34,40,42,51-54,57-60H,3-11,13,15,17,19-32,35-39,41,43-50H2,1-2H3,(H,56,61)/b14-12-,18-16-,34-33+,42-40+. The lowest BCUT2D eigenvalue weighted by molar-refractivity contribution is -0.132. The van der Waals surface area contributed by atoms with Gasteiger partial charge in [-0.15, -0.1) is 0 Å². The van der Waals surface area contributed by atoms with E-state index in [1.165, 1.54) is 186 Å². The lowest BCUT2D eigenvalue weighted by Gasteiger charge is -2.27. The van der Waals surface area contributed by atoms with Gasteiger partial charge in [-0.25, -0.2) is 0 Å². The van der Waals surface area contributed by atoms with Crippen molar-refractivity contribution in [2.45, 2.75) is 289 Å². The number of hydrogen-bond donors (Lipinski definition) is 5. The summed E-state index contributed by atoms with van der Waals surface area (Å²) in [5.41, 5.74) is 0. The topological polar surface area (TPSA) is 110 Å². The first-order chi connectivity index (χ1) is 30.0. The Kier molecular flexibility index (Phi) is 47.9. The first-order valence-corrected chi connectivity index (χ1v) is 26.5. The number of aliphatic hydroxyl groups excluding tert-OH is 4. The molecule has 61 heavy (non-hydrogen) atoms. The van der Waals surface area contributed by atoms with Crippen LogP contribution in [0, 0.1) is 0 Å². The molecule has 0 aliphatic carbocycles. The van der Waals surface area contributed by atoms with Gasteiger partial charge in [0.25, 0.3) is 0 Å². The number of allylic oxidation sites excluding steroid dienone is 8. The highest BCUT2D eigenvalue weighted by atomic mass is 16.3. The van der Waals surface area contributed by atoms with E-state index < -0.39 is 36.9 Å². The molecule has 0 saturated heterocycles. The molecule has 6 heteroatoms. The smallest absolute Gasteiger partial charge is 0.249 e. The van der Waals surface area contributed by atoms with Gasteiger partial charge in [0.05, 0.1) is 18.8 Å². The van der Waals surface area contributed by atoms with E-state index in [0.29, 0.717) is 19.3 Å². The monoisotopic (exact) mass is 858 g/mol. The van der Waals surface area contributed by atoms with Gasteiger partial charge in [-0.05, 0) is 77.0 Å². The molecule has 0 rings (SSSR count). The molecule has 6 nitrogen and oxygen atoms in total. The molecule has 0 spiro atoms. The van der Waals surface area contributed by atoms with Crippen molar-refractivity contribution >= 4 is 5.91 Å². The number of rotatable bonds is 48. The van der Waals surface area contributed by atoms with Crippen LogP contribution in [0.4, 0.5) is 0 Å². The molecular formula is C55H103NO5. The summed E-state index contributed by atoms with van der Waals surface area (Å²) in [6.07, 6.45) is 61.7. The van der Waals surface area contributed by atoms with E-state index >= 15 is 0 Å². The molecule has 358 valence electrons. The van der Waals surface area contributed by atoms with Gasteiger partial charge >= 0.3 is 0 Å². The molecule has 0 aromatic carbocycles. The van der Waals surface area contributed by atoms with Gasteiger partial charge in [-0.2, -0.15) is 0 Å². The van der Waals surface area contributed by atoms with Crippen LogP contribution in [0.2, 0.25) is 0 Å². The van der Waals surface area contributed by atoms with Crippen LogP contribution in [0.1, 0.15) is 264 Å². The van der Waals surface area contributed by atoms with Crippen LogP contribution in [0.5, 0.6) is 0 Å². The molecule has 4 atom stereocenters. The summed E-state index contributed by atoms with van der Waals surface area (Å²) in [6.45, 7) is 4.03. The van der Waals surface area contributed by atoms with E-state index in [4.69, 9.17) is 0 Å². The zero-order valence-electron chi connectivity index (χ0n) is 40.4. The van der Waals surface area contributed by atoms with Crippen LogP contribution in [0.3, 0.4) is 0 Å². The van der Waals surface area contributed by atoms with E-state index in [1.807, 2.05) is 0 Å². The molecular weight excluding hydrogens is 755 g/mol. The predicted molar refractivity (Wildman–Crippen MR) is 265 cm³/mol. The molecule has 5 N–H and O–H groups in total. The van der Waals surface area contributed by atoms with Gasteiger partial charge in [0.15, 0.2) is 0 Å². The molecule has 0 aromatic rings. The van der Waals surface area contributed by atoms with Crippen LogP contribution < -0.4 is 5.32 Å². The molecule has 1 amide bonds. The zero-order valence-corrected chi connectivity index (χ0v) is 40.4. The Balaban J connectivity index is 3.72. The highest BCUT2D eigenvalue weighted by Crippen LogP contribution is 2.16. The Morgan fingerprint density at radius 1 is 0.410 bits per heavy atom. The summed E-state index contributed by atoms with van der Waals surface area (Å²) in [4.78, 5) is 12.6. The van der Waals surface area contributed by atoms with Gasteiger partial charge in [0, 0.05) is 0 Å². The zero-order chi connectivity index (χ0) is 44.5. The molecule has 0 aliphatic rings. The van der Waals surface area contributed by atoms with Crippen molar-refractivity contribution in [1.82, 2.24) is 5.32 Å². The Morgan fingerprint density at radius 3 is 1.16 bits per heavy atom. The van der Waals surface area contributed by atoms with Crippen molar-refractivity contribution < 1.29 is 25.2 Å². The quantitative estimate of drug-likeness (QED) is 0.0238. The van der Waals surface area contributed by atoms with Crippen LogP contribution in [0.25, 0.3) is 0 Å². The molecule has 0 fully saturated rings. The summed E-state index contributed by atoms with van der Waals surface area (Å²) in [6, 6.07) is -1.01. The lowest BCUT2D eigenvalue weighted by Crippen LogP contribution is -2.53. The van der Waals surface area contributed by atoms with Crippen LogP contribution in [-0.2, 0) is 4.79 Å². The van der Waals surface area contributed by atoms with Crippen LogP contribution >= 0.6 is 0 Å². The molecule has 4 unspecified atom stereocenters. The summed E-state index contributed by atoms with van der Waals surface area (Å²) >= 11 is 0. The third-order valence-corrected chi connectivity index (χ3v) is 12.3. The number of carbonyl (C=O) groups excluding carboxylic acids is 1. The number of nitrogens with one attached hydrogen (secondary N) is 1. The molecule has 0 aromatic heterocycles. The largest absolute Gasteiger partial charge is 0.394 e. The van der Waals surface area contributed by atoms with E-state index in [-0.39, 0.29) is 0 Å². The maximum Gasteiger partial charge on any atom is 0.249 e. The van der Waals surface area contributed by atoms with Gasteiger partial charge in [-0.1, -0.05) is 236 Å². The van der Waals surface area contributed by atoms with E-state index in [2.05, 4.69) is 67.8 Å². The van der Waals surface area contributed by atoms with E-state index in [1.54, 1.807) is 0 Å². The first-order valence-electron chi connectivity index (χ1n) is 26.5. The SMILES string of the molecule is CCCCC/C=C\C=C/CCCCCCCCCCCC(O)C(=O)NC(CO)C(O)C(O)CCC/C=C/CC/C=C/CCCCCCCCCCCCCCCCCCCC. The normalized spacial score (nSPS) is 14.3. The summed E-state index contributed by atoms with van der Waals surface area (Å²) in [5, 5.41) is 43.9. The second-order valence-electron chi connectivity index (χ2n) is 18.2. The lowest BCUT2D eigenvalue weighted by atomic mass is 10.00. The van der Waals surface area contributed by atoms with Crippen molar-refractivity contribution in [2.24, 2.45) is 0 Å². The summed E-state index contributed by atoms with van der Waals surface area (Å²) < 4.78 is 0. The van der Waals surface area contributed by atoms with Gasteiger partial charge in [-0.3, -0.25) is 4.79 Å². The Labute approximate surface area is 379 Å². The maximum atomic E-state index is 12.6. The number of hydrogen-bond acceptors (Lipinski definition) is 5. The average molecular weight is 858 g/mol. The van der Waals surface area contributed by atoms with Crippen LogP contribution in [-0.4, -0.2) is 57.3 Å². The number of unbranched alkanes of at least 4 members (excludes halogenated alkanes) is 32. The number of amides is 1. The average Bonchev–Trinajstić information content (AvgIpc) is 3.26. The minimum absolute atomic E-state index is 0.353. The summed E-state index contributed by atoms with van der Waals surface area (Å²) in [7, 11) is 0. The second kappa shape index (κ2) is 49.3. The minimum atomic E-state index is -1.29. The van der Waals surface area contributed by atoms with Gasteiger partial charge in [0.1, 0.15) is 12.2 Å². The molecule has 0 bridgehead atoms. The van der Waals surface area contributed by atoms with Crippen molar-refractivity contribution in [2.75, 3.05) is 6.61 Å². The van der Waals surface area contributed by atoms with Crippen molar-refractivity contribution in [1.29, 1.82) is 0 Å². The van der Waals surface area contributed by atoms with Crippen LogP contribution in [0.15, 0.2) is 48.6 Å². The van der Waals surface area contributed by atoms with E-state index in [9.17, 15) is 25.2 Å². The highest BCUT2D eigenvalue weighted by molar-refractivity contribution is 5.80. The fraction of sp³-hybridized carbons (Fsp3) is 0.836. The Hall–Kier alpha value is -1.73. The van der Waals surface area contributed by atoms with Crippen molar-refractivity contribution in [3.63, 3.8) is 0 Å². The van der Waals surface area contributed by atoms with Crippen molar-refractivity contribution in [3.05, 3.63) is 48.6 Å². The number of carbonyl (C=O) groups is 1. The molecule has 0 heterocycles. The minimum Gasteiger partial charge on any atom is -0.394 e. The Morgan fingerprint density at radius 2 is 0.738 bits per heavy atom. The number of aliphatic hydroxyl groups is 4. The second-order valence-corrected chi connectivity index (χ2v) is 18.2. The molecule has 0 aliphatic heterocycles. The third-order valence-electron chi connectivity index (χ3n) is 12.3. The molecule has 0 radical (unpaired) electrons. The summed E-state index contributed by atoms with van der Waals surface area (Å²) in [5.74, 6) is -0.601. The predicted octanol–water partition coefficient (Wildman–Crippen LogP) is 15.0.